The van der Waals surface area contributed by atoms with Crippen molar-refractivity contribution in [2.75, 3.05) is 11.5 Å². The van der Waals surface area contributed by atoms with Crippen LogP contribution in [0.15, 0.2) is 35.7 Å². The molecule has 2 rings (SSSR count). The summed E-state index contributed by atoms with van der Waals surface area (Å²) in [4.78, 5) is 4.05. The monoisotopic (exact) mass is 234 g/mol. The van der Waals surface area contributed by atoms with Crippen molar-refractivity contribution in [2.45, 2.75) is 18.0 Å². The quantitative estimate of drug-likeness (QED) is 0.472. The zero-order valence-corrected chi connectivity index (χ0v) is 9.70. The van der Waals surface area contributed by atoms with Crippen LogP contribution in [0.3, 0.4) is 0 Å². The van der Waals surface area contributed by atoms with Gasteiger partial charge in [-0.2, -0.15) is 5.10 Å². The molecule has 0 aliphatic rings. The number of benzene rings is 1. The van der Waals surface area contributed by atoms with Gasteiger partial charge in [-0.05, 0) is 30.5 Å². The summed E-state index contributed by atoms with van der Waals surface area (Å²) in [6.07, 6.45) is 3.68. The van der Waals surface area contributed by atoms with Crippen LogP contribution < -0.4 is 5.73 Å². The second-order valence-corrected chi connectivity index (χ2v) is 4.57. The first-order chi connectivity index (χ1) is 7.84. The lowest BCUT2D eigenvalue weighted by molar-refractivity contribution is 0.921. The highest BCUT2D eigenvalue weighted by Crippen LogP contribution is 2.15. The average Bonchev–Trinajstić information content (AvgIpc) is 2.77. The first kappa shape index (κ1) is 11.0. The molecule has 1 aromatic heterocycles. The summed E-state index contributed by atoms with van der Waals surface area (Å²) < 4.78 is 0. The van der Waals surface area contributed by atoms with Gasteiger partial charge in [0.05, 0.1) is 0 Å². The number of aryl methyl sites for hydroxylation is 1. The van der Waals surface area contributed by atoms with Crippen LogP contribution in [0, 0.1) is 0 Å². The maximum absolute atomic E-state index is 5.71. The molecule has 0 aliphatic heterocycles. The SMILES string of the molecule is Nc1cccc(CCCSc2ncn[nH]2)c1. The number of hydrogen-bond acceptors (Lipinski definition) is 4. The molecule has 4 nitrogen and oxygen atoms in total. The van der Waals surface area contributed by atoms with E-state index in [1.54, 1.807) is 11.8 Å². The van der Waals surface area contributed by atoms with Crippen LogP contribution in [0.25, 0.3) is 0 Å². The average molecular weight is 234 g/mol. The second-order valence-electron chi connectivity index (χ2n) is 3.49. The molecular weight excluding hydrogens is 220 g/mol. The Hall–Kier alpha value is -1.49. The van der Waals surface area contributed by atoms with Gasteiger partial charge in [0.2, 0.25) is 0 Å². The zero-order chi connectivity index (χ0) is 11.2. The molecule has 0 atom stereocenters. The summed E-state index contributed by atoms with van der Waals surface area (Å²) >= 11 is 1.69. The second kappa shape index (κ2) is 5.55. The van der Waals surface area contributed by atoms with Crippen molar-refractivity contribution < 1.29 is 0 Å². The zero-order valence-electron chi connectivity index (χ0n) is 8.89. The minimum atomic E-state index is 0.834. The molecule has 0 spiro atoms. The van der Waals surface area contributed by atoms with E-state index in [0.29, 0.717) is 0 Å². The maximum Gasteiger partial charge on any atom is 0.183 e. The Morgan fingerprint density at radius 3 is 3.06 bits per heavy atom. The van der Waals surface area contributed by atoms with E-state index in [-0.39, 0.29) is 0 Å². The summed E-state index contributed by atoms with van der Waals surface area (Å²) in [7, 11) is 0. The largest absolute Gasteiger partial charge is 0.399 e. The number of rotatable bonds is 5. The summed E-state index contributed by atoms with van der Waals surface area (Å²) in [5.41, 5.74) is 7.84. The summed E-state index contributed by atoms with van der Waals surface area (Å²) in [5.74, 6) is 1.03. The number of anilines is 1. The number of nitrogens with two attached hydrogens (primary N) is 1. The fourth-order valence-corrected chi connectivity index (χ4v) is 2.18. The molecule has 2 aromatic rings. The van der Waals surface area contributed by atoms with Crippen LogP contribution in [0.2, 0.25) is 0 Å². The van der Waals surface area contributed by atoms with E-state index < -0.39 is 0 Å². The first-order valence-electron chi connectivity index (χ1n) is 5.17. The molecule has 5 heteroatoms. The number of H-pyrrole nitrogens is 1. The maximum atomic E-state index is 5.71. The van der Waals surface area contributed by atoms with Gasteiger partial charge in [0, 0.05) is 11.4 Å². The van der Waals surface area contributed by atoms with Gasteiger partial charge in [0.15, 0.2) is 5.16 Å². The number of nitrogen functional groups attached to an aromatic ring is 1. The standard InChI is InChI=1S/C11H14N4S/c12-10-5-1-3-9(7-10)4-2-6-16-11-13-8-14-15-11/h1,3,5,7-8H,2,4,6,12H2,(H,13,14,15). The number of hydrogen-bond donors (Lipinski definition) is 2. The number of thioether (sulfide) groups is 1. The molecule has 0 fully saturated rings. The number of aromatic amines is 1. The number of nitrogens with zero attached hydrogens (tertiary/aromatic N) is 2. The first-order valence-corrected chi connectivity index (χ1v) is 6.16. The van der Waals surface area contributed by atoms with E-state index >= 15 is 0 Å². The number of aromatic nitrogens is 3. The van der Waals surface area contributed by atoms with Crippen LogP contribution in [-0.4, -0.2) is 20.9 Å². The minimum Gasteiger partial charge on any atom is -0.399 e. The molecule has 1 aromatic carbocycles. The summed E-state index contributed by atoms with van der Waals surface area (Å²) in [6, 6.07) is 8.04. The smallest absolute Gasteiger partial charge is 0.183 e. The molecule has 1 heterocycles. The van der Waals surface area contributed by atoms with E-state index in [0.717, 1.165) is 29.4 Å². The molecule has 0 saturated heterocycles. The Bertz CT molecular complexity index is 427. The Morgan fingerprint density at radius 2 is 2.31 bits per heavy atom. The third-order valence-corrected chi connectivity index (χ3v) is 3.16. The van der Waals surface area contributed by atoms with Crippen molar-refractivity contribution in [2.24, 2.45) is 0 Å². The topological polar surface area (TPSA) is 67.6 Å². The lowest BCUT2D eigenvalue weighted by Crippen LogP contribution is -1.91. The van der Waals surface area contributed by atoms with E-state index in [1.165, 1.54) is 11.9 Å². The predicted octanol–water partition coefficient (Wildman–Crippen LogP) is 2.11. The fourth-order valence-electron chi connectivity index (χ4n) is 1.46. The van der Waals surface area contributed by atoms with Gasteiger partial charge in [-0.3, -0.25) is 5.10 Å². The summed E-state index contributed by atoms with van der Waals surface area (Å²) in [6.45, 7) is 0. The lowest BCUT2D eigenvalue weighted by atomic mass is 10.1. The normalized spacial score (nSPS) is 10.5. The third kappa shape index (κ3) is 3.27. The number of nitrogens with one attached hydrogen (secondary N) is 1. The van der Waals surface area contributed by atoms with Crippen LogP contribution in [-0.2, 0) is 6.42 Å². The van der Waals surface area contributed by atoms with E-state index in [4.69, 9.17) is 5.73 Å². The highest BCUT2D eigenvalue weighted by Gasteiger charge is 1.97. The lowest BCUT2D eigenvalue weighted by Gasteiger charge is -2.01. The van der Waals surface area contributed by atoms with Gasteiger partial charge in [-0.25, -0.2) is 4.98 Å². The molecule has 84 valence electrons. The molecule has 0 amide bonds. The molecular formula is C11H14N4S. The van der Waals surface area contributed by atoms with E-state index in [9.17, 15) is 0 Å². The van der Waals surface area contributed by atoms with Crippen molar-refractivity contribution in [1.82, 2.24) is 15.2 Å². The molecule has 0 radical (unpaired) electrons. The molecule has 0 unspecified atom stereocenters. The van der Waals surface area contributed by atoms with Gasteiger partial charge in [0.1, 0.15) is 6.33 Å². The third-order valence-electron chi connectivity index (χ3n) is 2.19. The molecule has 0 bridgehead atoms. The van der Waals surface area contributed by atoms with Gasteiger partial charge in [-0.1, -0.05) is 23.9 Å². The van der Waals surface area contributed by atoms with Crippen molar-refractivity contribution in [1.29, 1.82) is 0 Å². The van der Waals surface area contributed by atoms with Crippen LogP contribution >= 0.6 is 11.8 Å². The van der Waals surface area contributed by atoms with Gasteiger partial charge >= 0.3 is 0 Å². The van der Waals surface area contributed by atoms with Gasteiger partial charge < -0.3 is 5.73 Å². The molecule has 0 aliphatic carbocycles. The Balaban J connectivity index is 1.72. The van der Waals surface area contributed by atoms with Crippen molar-refractivity contribution in [3.63, 3.8) is 0 Å². The molecule has 3 N–H and O–H groups in total. The molecule has 0 saturated carbocycles. The minimum absolute atomic E-state index is 0.834. The predicted molar refractivity (Wildman–Crippen MR) is 66.3 cm³/mol. The Morgan fingerprint density at radius 1 is 1.38 bits per heavy atom. The van der Waals surface area contributed by atoms with Crippen molar-refractivity contribution >= 4 is 17.4 Å². The van der Waals surface area contributed by atoms with Gasteiger partial charge in [-0.15, -0.1) is 0 Å². The van der Waals surface area contributed by atoms with Crippen LogP contribution in [0.1, 0.15) is 12.0 Å². The van der Waals surface area contributed by atoms with Gasteiger partial charge in [0.25, 0.3) is 0 Å². The Kier molecular flexibility index (Phi) is 3.82. The Labute approximate surface area is 98.7 Å². The highest BCUT2D eigenvalue weighted by molar-refractivity contribution is 7.99. The molecule has 16 heavy (non-hydrogen) atoms. The van der Waals surface area contributed by atoms with Crippen LogP contribution in [0.4, 0.5) is 5.69 Å². The fraction of sp³-hybridized carbons (Fsp3) is 0.273. The van der Waals surface area contributed by atoms with Crippen molar-refractivity contribution in [3.05, 3.63) is 36.2 Å². The van der Waals surface area contributed by atoms with E-state index in [1.807, 2.05) is 18.2 Å². The summed E-state index contributed by atoms with van der Waals surface area (Å²) in [5, 5.41) is 7.51. The highest BCUT2D eigenvalue weighted by atomic mass is 32.2. The van der Waals surface area contributed by atoms with Crippen LogP contribution in [0.5, 0.6) is 0 Å². The van der Waals surface area contributed by atoms with Crippen molar-refractivity contribution in [3.8, 4) is 0 Å². The van der Waals surface area contributed by atoms with E-state index in [2.05, 4.69) is 21.2 Å².